The lowest BCUT2D eigenvalue weighted by Gasteiger charge is -2.32. The molecule has 0 spiro atoms. The van der Waals surface area contributed by atoms with Gasteiger partial charge in [-0.15, -0.1) is 0 Å². The highest BCUT2D eigenvalue weighted by Gasteiger charge is 2.41. The lowest BCUT2D eigenvalue weighted by Crippen LogP contribution is -2.34. The van der Waals surface area contributed by atoms with Gasteiger partial charge in [0.25, 0.3) is 0 Å². The Labute approximate surface area is 169 Å². The van der Waals surface area contributed by atoms with Crippen LogP contribution in [0.15, 0.2) is 4.52 Å². The van der Waals surface area contributed by atoms with Gasteiger partial charge in [-0.2, -0.15) is 4.98 Å². The summed E-state index contributed by atoms with van der Waals surface area (Å²) in [5.41, 5.74) is -0.383. The van der Waals surface area contributed by atoms with Crippen LogP contribution >= 0.6 is 0 Å². The lowest BCUT2D eigenvalue weighted by atomic mass is 9.71. The molecule has 1 aliphatic carbocycles. The van der Waals surface area contributed by atoms with Crippen LogP contribution in [-0.4, -0.2) is 27.3 Å². The molecule has 2 N–H and O–H groups in total. The van der Waals surface area contributed by atoms with E-state index in [0.29, 0.717) is 24.3 Å². The van der Waals surface area contributed by atoms with E-state index >= 15 is 0 Å². The topological polar surface area (TPSA) is 88.2 Å². The van der Waals surface area contributed by atoms with Crippen molar-refractivity contribution in [2.45, 2.75) is 104 Å². The molecular formula is C22H39N3O3. The Hall–Kier alpha value is -1.43. The Morgan fingerprint density at radius 2 is 1.93 bits per heavy atom. The van der Waals surface area contributed by atoms with Gasteiger partial charge in [-0.1, -0.05) is 84.7 Å². The van der Waals surface area contributed by atoms with E-state index in [9.17, 15) is 9.90 Å². The van der Waals surface area contributed by atoms with Crippen LogP contribution in [0, 0.1) is 17.3 Å². The van der Waals surface area contributed by atoms with Crippen LogP contribution in [0.1, 0.15) is 104 Å². The predicted molar refractivity (Wildman–Crippen MR) is 110 cm³/mol. The minimum atomic E-state index is -0.782. The Morgan fingerprint density at radius 3 is 2.50 bits per heavy atom. The van der Waals surface area contributed by atoms with E-state index in [1.54, 1.807) is 0 Å². The SMILES string of the molecule is CC(C)NCc1noc([C@H](CCCC2CCCCC2)C(C(=O)O)C(C)(C)C)n1. The van der Waals surface area contributed by atoms with Gasteiger partial charge in [-0.05, 0) is 17.8 Å². The molecule has 1 aromatic heterocycles. The van der Waals surface area contributed by atoms with Crippen LogP contribution < -0.4 is 5.32 Å². The van der Waals surface area contributed by atoms with Crippen LogP contribution in [0.5, 0.6) is 0 Å². The summed E-state index contributed by atoms with van der Waals surface area (Å²) in [5, 5.41) is 17.3. The Morgan fingerprint density at radius 1 is 1.25 bits per heavy atom. The van der Waals surface area contributed by atoms with Crippen molar-refractivity contribution >= 4 is 5.97 Å². The standard InChI is InChI=1S/C22H39N3O3/c1-15(2)23-14-18-24-20(28-25-18)17(19(21(26)27)22(3,4)5)13-9-12-16-10-7-6-8-11-16/h15-17,19,23H,6-14H2,1-5H3,(H,26,27)/t17-,19?/m1/s1. The van der Waals surface area contributed by atoms with E-state index in [0.717, 1.165) is 18.8 Å². The van der Waals surface area contributed by atoms with E-state index in [4.69, 9.17) is 4.52 Å². The first kappa shape index (κ1) is 22.9. The molecule has 0 bridgehead atoms. The molecule has 1 saturated carbocycles. The molecule has 1 fully saturated rings. The van der Waals surface area contributed by atoms with Gasteiger partial charge in [0, 0.05) is 6.04 Å². The van der Waals surface area contributed by atoms with Crippen molar-refractivity contribution in [3.63, 3.8) is 0 Å². The van der Waals surface area contributed by atoms with Crippen LogP contribution in [0.3, 0.4) is 0 Å². The largest absolute Gasteiger partial charge is 0.481 e. The van der Waals surface area contributed by atoms with E-state index < -0.39 is 11.9 Å². The first-order chi connectivity index (χ1) is 13.2. The average molecular weight is 394 g/mol. The Kier molecular flexibility index (Phi) is 8.47. The third-order valence-electron chi connectivity index (χ3n) is 5.92. The second kappa shape index (κ2) is 10.4. The molecule has 6 nitrogen and oxygen atoms in total. The van der Waals surface area contributed by atoms with Crippen molar-refractivity contribution in [3.05, 3.63) is 11.7 Å². The van der Waals surface area contributed by atoms with Gasteiger partial charge < -0.3 is 14.9 Å². The molecule has 0 radical (unpaired) electrons. The summed E-state index contributed by atoms with van der Waals surface area (Å²) in [6.07, 6.45) is 9.63. The van der Waals surface area contributed by atoms with Crippen molar-refractivity contribution in [2.75, 3.05) is 0 Å². The zero-order chi connectivity index (χ0) is 20.7. The number of hydrogen-bond donors (Lipinski definition) is 2. The molecule has 0 saturated heterocycles. The van der Waals surface area contributed by atoms with Gasteiger partial charge in [0.15, 0.2) is 5.82 Å². The zero-order valence-corrected chi connectivity index (χ0v) is 18.3. The molecule has 1 heterocycles. The summed E-state index contributed by atoms with van der Waals surface area (Å²) in [6.45, 7) is 10.6. The summed E-state index contributed by atoms with van der Waals surface area (Å²) in [7, 11) is 0. The minimum absolute atomic E-state index is 0.249. The molecule has 1 aliphatic rings. The van der Waals surface area contributed by atoms with Crippen LogP contribution in [0.4, 0.5) is 0 Å². The third-order valence-corrected chi connectivity index (χ3v) is 5.92. The van der Waals surface area contributed by atoms with E-state index in [-0.39, 0.29) is 11.3 Å². The molecule has 2 atom stereocenters. The molecule has 6 heteroatoms. The van der Waals surface area contributed by atoms with Gasteiger partial charge in [0.2, 0.25) is 5.89 Å². The van der Waals surface area contributed by atoms with Crippen LogP contribution in [-0.2, 0) is 11.3 Å². The normalized spacial score (nSPS) is 18.4. The number of carboxylic acid groups (broad SMARTS) is 1. The van der Waals surface area contributed by atoms with Crippen molar-refractivity contribution < 1.29 is 14.4 Å². The summed E-state index contributed by atoms with van der Waals surface area (Å²) in [6, 6.07) is 0.328. The van der Waals surface area contributed by atoms with Gasteiger partial charge in [-0.3, -0.25) is 4.79 Å². The summed E-state index contributed by atoms with van der Waals surface area (Å²) in [5.74, 6) is 0.285. The minimum Gasteiger partial charge on any atom is -0.481 e. The summed E-state index contributed by atoms with van der Waals surface area (Å²) in [4.78, 5) is 16.7. The number of hydrogen-bond acceptors (Lipinski definition) is 5. The Balaban J connectivity index is 2.11. The van der Waals surface area contributed by atoms with E-state index in [1.807, 2.05) is 20.8 Å². The van der Waals surface area contributed by atoms with Crippen molar-refractivity contribution in [1.29, 1.82) is 0 Å². The second-order valence-electron chi connectivity index (χ2n) is 9.81. The first-order valence-corrected chi connectivity index (χ1v) is 11.0. The van der Waals surface area contributed by atoms with Gasteiger partial charge in [0.05, 0.1) is 18.4 Å². The van der Waals surface area contributed by atoms with Crippen molar-refractivity contribution in [3.8, 4) is 0 Å². The van der Waals surface area contributed by atoms with Gasteiger partial charge in [0.1, 0.15) is 0 Å². The average Bonchev–Trinajstić information content (AvgIpc) is 3.07. The number of nitrogens with one attached hydrogen (secondary N) is 1. The number of carbonyl (C=O) groups is 1. The Bertz CT molecular complexity index is 600. The fourth-order valence-electron chi connectivity index (χ4n) is 4.47. The van der Waals surface area contributed by atoms with Crippen LogP contribution in [0.2, 0.25) is 0 Å². The lowest BCUT2D eigenvalue weighted by molar-refractivity contribution is -0.147. The third kappa shape index (κ3) is 6.87. The quantitative estimate of drug-likeness (QED) is 0.571. The number of carboxylic acids is 1. The number of rotatable bonds is 10. The fourth-order valence-corrected chi connectivity index (χ4v) is 4.47. The second-order valence-corrected chi connectivity index (χ2v) is 9.81. The zero-order valence-electron chi connectivity index (χ0n) is 18.3. The van der Waals surface area contributed by atoms with Gasteiger partial charge >= 0.3 is 5.97 Å². The van der Waals surface area contributed by atoms with Crippen molar-refractivity contribution in [1.82, 2.24) is 15.5 Å². The van der Waals surface area contributed by atoms with E-state index in [2.05, 4.69) is 29.3 Å². The maximum atomic E-state index is 12.1. The smallest absolute Gasteiger partial charge is 0.307 e. The highest BCUT2D eigenvalue weighted by Crippen LogP contribution is 2.41. The maximum absolute atomic E-state index is 12.1. The van der Waals surface area contributed by atoms with Crippen LogP contribution in [0.25, 0.3) is 0 Å². The van der Waals surface area contributed by atoms with E-state index in [1.165, 1.54) is 38.5 Å². The monoisotopic (exact) mass is 393 g/mol. The molecular weight excluding hydrogens is 354 g/mol. The molecule has 2 rings (SSSR count). The fraction of sp³-hybridized carbons (Fsp3) is 0.864. The number of nitrogens with zero attached hydrogens (tertiary/aromatic N) is 2. The summed E-state index contributed by atoms with van der Waals surface area (Å²) < 4.78 is 5.56. The first-order valence-electron chi connectivity index (χ1n) is 11.0. The highest BCUT2D eigenvalue weighted by atomic mass is 16.5. The summed E-state index contributed by atoms with van der Waals surface area (Å²) >= 11 is 0. The highest BCUT2D eigenvalue weighted by molar-refractivity contribution is 5.72. The molecule has 1 unspecified atom stereocenters. The van der Waals surface area contributed by atoms with Gasteiger partial charge in [-0.25, -0.2) is 0 Å². The maximum Gasteiger partial charge on any atom is 0.307 e. The predicted octanol–water partition coefficient (Wildman–Crippen LogP) is 5.15. The molecule has 0 aromatic carbocycles. The molecule has 28 heavy (non-hydrogen) atoms. The van der Waals surface area contributed by atoms with Crippen molar-refractivity contribution in [2.24, 2.45) is 17.3 Å². The number of aliphatic carboxylic acids is 1. The molecule has 0 aliphatic heterocycles. The molecule has 1 aromatic rings. The molecule has 0 amide bonds. The molecule has 160 valence electrons. The number of aromatic nitrogens is 2.